The number of aliphatic hydroxyl groups excluding tert-OH is 1. The molecule has 1 saturated carbocycles. The topological polar surface area (TPSA) is 86.6 Å². The first kappa shape index (κ1) is 14.1. The van der Waals surface area contributed by atoms with Gasteiger partial charge in [0, 0.05) is 0 Å². The molecular formula is C14H21NO4. The first-order chi connectivity index (χ1) is 9.09. The molecule has 2 aliphatic carbocycles. The van der Waals surface area contributed by atoms with Crippen molar-refractivity contribution in [2.24, 2.45) is 11.8 Å². The molecule has 0 unspecified atom stereocenters. The largest absolute Gasteiger partial charge is 0.481 e. The highest BCUT2D eigenvalue weighted by Crippen LogP contribution is 2.27. The first-order valence-electron chi connectivity index (χ1n) is 6.96. The van der Waals surface area contributed by atoms with E-state index in [0.29, 0.717) is 19.3 Å². The fraction of sp³-hybridized carbons (Fsp3) is 0.714. The van der Waals surface area contributed by atoms with E-state index in [-0.39, 0.29) is 11.9 Å². The lowest BCUT2D eigenvalue weighted by molar-refractivity contribution is -0.147. The van der Waals surface area contributed by atoms with Crippen LogP contribution < -0.4 is 5.32 Å². The van der Waals surface area contributed by atoms with Gasteiger partial charge in [0.25, 0.3) is 0 Å². The average Bonchev–Trinajstić information content (AvgIpc) is 2.41. The number of allylic oxidation sites excluding steroid dienone is 2. The van der Waals surface area contributed by atoms with Crippen LogP contribution in [0.3, 0.4) is 0 Å². The number of carboxylic acid groups (broad SMARTS) is 1. The summed E-state index contributed by atoms with van der Waals surface area (Å²) in [6.07, 6.45) is 7.50. The minimum Gasteiger partial charge on any atom is -0.481 e. The molecule has 106 valence electrons. The number of nitrogens with one attached hydrogen (secondary N) is 1. The van der Waals surface area contributed by atoms with Crippen LogP contribution >= 0.6 is 0 Å². The Balaban J connectivity index is 1.97. The van der Waals surface area contributed by atoms with Crippen molar-refractivity contribution in [3.63, 3.8) is 0 Å². The molecule has 0 spiro atoms. The Morgan fingerprint density at radius 1 is 1.05 bits per heavy atom. The maximum absolute atomic E-state index is 12.2. The Labute approximate surface area is 112 Å². The number of amides is 1. The van der Waals surface area contributed by atoms with Gasteiger partial charge in [0.15, 0.2) is 0 Å². The van der Waals surface area contributed by atoms with Crippen LogP contribution in [-0.4, -0.2) is 34.2 Å². The Morgan fingerprint density at radius 2 is 1.68 bits per heavy atom. The van der Waals surface area contributed by atoms with Gasteiger partial charge in [-0.1, -0.05) is 25.0 Å². The molecule has 1 amide bonds. The maximum atomic E-state index is 12.2. The lowest BCUT2D eigenvalue weighted by Gasteiger charge is -2.31. The Morgan fingerprint density at radius 3 is 2.32 bits per heavy atom. The molecule has 19 heavy (non-hydrogen) atoms. The summed E-state index contributed by atoms with van der Waals surface area (Å²) in [5.74, 6) is -2.32. The summed E-state index contributed by atoms with van der Waals surface area (Å²) in [5.41, 5.74) is 0. The summed E-state index contributed by atoms with van der Waals surface area (Å²) >= 11 is 0. The van der Waals surface area contributed by atoms with E-state index in [9.17, 15) is 14.7 Å². The van der Waals surface area contributed by atoms with Crippen molar-refractivity contribution >= 4 is 11.9 Å². The number of rotatable bonds is 3. The number of aliphatic hydroxyl groups is 1. The smallest absolute Gasteiger partial charge is 0.307 e. The third kappa shape index (κ3) is 3.35. The molecular weight excluding hydrogens is 246 g/mol. The number of hydrogen-bond donors (Lipinski definition) is 3. The van der Waals surface area contributed by atoms with Crippen molar-refractivity contribution in [3.8, 4) is 0 Å². The molecule has 5 heteroatoms. The lowest BCUT2D eigenvalue weighted by atomic mass is 9.82. The highest BCUT2D eigenvalue weighted by Gasteiger charge is 2.35. The quantitative estimate of drug-likeness (QED) is 0.668. The molecule has 0 saturated heterocycles. The minimum absolute atomic E-state index is 0.221. The van der Waals surface area contributed by atoms with E-state index in [1.807, 2.05) is 12.2 Å². The highest BCUT2D eigenvalue weighted by atomic mass is 16.4. The third-order valence-electron chi connectivity index (χ3n) is 4.14. The molecule has 0 radical (unpaired) electrons. The summed E-state index contributed by atoms with van der Waals surface area (Å²) in [6, 6.07) is -0.221. The van der Waals surface area contributed by atoms with Crippen molar-refractivity contribution in [1.82, 2.24) is 5.32 Å². The van der Waals surface area contributed by atoms with Gasteiger partial charge < -0.3 is 15.5 Å². The summed E-state index contributed by atoms with van der Waals surface area (Å²) in [7, 11) is 0. The van der Waals surface area contributed by atoms with Crippen LogP contribution in [-0.2, 0) is 9.59 Å². The van der Waals surface area contributed by atoms with Gasteiger partial charge in [-0.25, -0.2) is 0 Å². The van der Waals surface area contributed by atoms with Crippen molar-refractivity contribution in [2.45, 2.75) is 50.7 Å². The number of hydrogen-bond acceptors (Lipinski definition) is 3. The Kier molecular flexibility index (Phi) is 4.58. The SMILES string of the molecule is O=C(O)[C@H]1CC=CC[C@H]1C(=O)N[C@H]1CCCC[C@@H]1O. The monoisotopic (exact) mass is 267 g/mol. The second-order valence-electron chi connectivity index (χ2n) is 5.46. The van der Waals surface area contributed by atoms with E-state index in [2.05, 4.69) is 5.32 Å². The average molecular weight is 267 g/mol. The molecule has 0 aromatic carbocycles. The van der Waals surface area contributed by atoms with Gasteiger partial charge in [-0.05, 0) is 25.7 Å². The van der Waals surface area contributed by atoms with Gasteiger partial charge in [0.05, 0.1) is 24.0 Å². The highest BCUT2D eigenvalue weighted by molar-refractivity contribution is 5.85. The second kappa shape index (κ2) is 6.19. The fourth-order valence-corrected chi connectivity index (χ4v) is 2.95. The molecule has 0 aliphatic heterocycles. The zero-order valence-corrected chi connectivity index (χ0v) is 10.9. The van der Waals surface area contributed by atoms with Crippen LogP contribution in [0.4, 0.5) is 0 Å². The number of carbonyl (C=O) groups is 2. The van der Waals surface area contributed by atoms with E-state index >= 15 is 0 Å². The van der Waals surface area contributed by atoms with Gasteiger partial charge >= 0.3 is 5.97 Å². The summed E-state index contributed by atoms with van der Waals surface area (Å²) in [5, 5.41) is 21.8. The fourth-order valence-electron chi connectivity index (χ4n) is 2.95. The molecule has 4 atom stereocenters. The molecule has 1 fully saturated rings. The minimum atomic E-state index is -0.923. The van der Waals surface area contributed by atoms with Gasteiger partial charge in [-0.2, -0.15) is 0 Å². The van der Waals surface area contributed by atoms with E-state index in [1.165, 1.54) is 0 Å². The molecule has 0 heterocycles. The standard InChI is InChI=1S/C14H21NO4/c16-12-8-4-3-7-11(12)15-13(17)9-5-1-2-6-10(9)14(18)19/h1-2,9-12,16H,3-8H2,(H,15,17)(H,18,19)/t9-,10+,11+,12+/m1/s1. The molecule has 0 bridgehead atoms. The van der Waals surface area contributed by atoms with Crippen LogP contribution in [0.2, 0.25) is 0 Å². The predicted octanol–water partition coefficient (Wildman–Crippen LogP) is 1.07. The molecule has 2 rings (SSSR count). The van der Waals surface area contributed by atoms with Gasteiger partial charge in [0.2, 0.25) is 5.91 Å². The molecule has 5 nitrogen and oxygen atoms in total. The van der Waals surface area contributed by atoms with Gasteiger partial charge in [0.1, 0.15) is 0 Å². The van der Waals surface area contributed by atoms with Crippen LogP contribution in [0.1, 0.15) is 38.5 Å². The molecule has 0 aromatic rings. The molecule has 3 N–H and O–H groups in total. The van der Waals surface area contributed by atoms with Crippen LogP contribution in [0.25, 0.3) is 0 Å². The van der Waals surface area contributed by atoms with Crippen molar-refractivity contribution in [3.05, 3.63) is 12.2 Å². The first-order valence-corrected chi connectivity index (χ1v) is 6.96. The van der Waals surface area contributed by atoms with E-state index in [4.69, 9.17) is 5.11 Å². The molecule has 0 aromatic heterocycles. The number of carboxylic acids is 1. The summed E-state index contributed by atoms with van der Waals surface area (Å²) in [6.45, 7) is 0. The van der Waals surface area contributed by atoms with Gasteiger partial charge in [-0.3, -0.25) is 9.59 Å². The van der Waals surface area contributed by atoms with Crippen molar-refractivity contribution in [1.29, 1.82) is 0 Å². The van der Waals surface area contributed by atoms with E-state index in [1.54, 1.807) is 0 Å². The van der Waals surface area contributed by atoms with Crippen LogP contribution in [0.5, 0.6) is 0 Å². The zero-order chi connectivity index (χ0) is 13.8. The Hall–Kier alpha value is -1.36. The Bertz CT molecular complexity index is 380. The van der Waals surface area contributed by atoms with E-state index < -0.39 is 23.9 Å². The van der Waals surface area contributed by atoms with E-state index in [0.717, 1.165) is 19.3 Å². The van der Waals surface area contributed by atoms with Crippen molar-refractivity contribution in [2.75, 3.05) is 0 Å². The predicted molar refractivity (Wildman–Crippen MR) is 69.4 cm³/mol. The normalized spacial score (nSPS) is 34.8. The third-order valence-corrected chi connectivity index (χ3v) is 4.14. The van der Waals surface area contributed by atoms with Crippen LogP contribution in [0, 0.1) is 11.8 Å². The second-order valence-corrected chi connectivity index (χ2v) is 5.46. The molecule has 2 aliphatic rings. The number of aliphatic carboxylic acids is 1. The van der Waals surface area contributed by atoms with Crippen LogP contribution in [0.15, 0.2) is 12.2 Å². The summed E-state index contributed by atoms with van der Waals surface area (Å²) < 4.78 is 0. The van der Waals surface area contributed by atoms with Crippen molar-refractivity contribution < 1.29 is 19.8 Å². The zero-order valence-electron chi connectivity index (χ0n) is 10.9. The number of carbonyl (C=O) groups excluding carboxylic acids is 1. The lowest BCUT2D eigenvalue weighted by Crippen LogP contribution is -2.49. The maximum Gasteiger partial charge on any atom is 0.307 e. The van der Waals surface area contributed by atoms with Gasteiger partial charge in [-0.15, -0.1) is 0 Å². The summed E-state index contributed by atoms with van der Waals surface area (Å²) in [4.78, 5) is 23.4.